The number of halogens is 3. The van der Waals surface area contributed by atoms with E-state index in [-0.39, 0.29) is 44.1 Å². The Labute approximate surface area is 134 Å². The molecule has 2 fully saturated rings. The van der Waals surface area contributed by atoms with Gasteiger partial charge >= 0.3 is 12.2 Å². The predicted octanol–water partition coefficient (Wildman–Crippen LogP) is 2.29. The molecule has 5 nitrogen and oxygen atoms in total. The minimum absolute atomic E-state index is 0.00251. The summed E-state index contributed by atoms with van der Waals surface area (Å²) in [4.78, 5) is 13.8. The summed E-state index contributed by atoms with van der Waals surface area (Å²) < 4.78 is 43.0. The Morgan fingerprint density at radius 1 is 1.22 bits per heavy atom. The second-order valence-electron chi connectivity index (χ2n) is 6.43. The SMILES string of the molecule is CO[C@@H]1CCCC[C@H]1NC(=O)N1CCC([C@@H](O)C(F)(F)F)CC1. The van der Waals surface area contributed by atoms with Crippen LogP contribution in [0.5, 0.6) is 0 Å². The van der Waals surface area contributed by atoms with E-state index in [9.17, 15) is 23.1 Å². The zero-order valence-corrected chi connectivity index (χ0v) is 13.3. The summed E-state index contributed by atoms with van der Waals surface area (Å²) in [6.45, 7) is 0.460. The van der Waals surface area contributed by atoms with Crippen molar-refractivity contribution in [1.82, 2.24) is 10.2 Å². The van der Waals surface area contributed by atoms with Crippen molar-refractivity contribution in [2.45, 2.75) is 63.0 Å². The first-order chi connectivity index (χ1) is 10.8. The van der Waals surface area contributed by atoms with Crippen LogP contribution in [0.4, 0.5) is 18.0 Å². The van der Waals surface area contributed by atoms with E-state index in [2.05, 4.69) is 5.32 Å². The largest absolute Gasteiger partial charge is 0.414 e. The van der Waals surface area contributed by atoms with Gasteiger partial charge in [-0.05, 0) is 31.6 Å². The van der Waals surface area contributed by atoms with Crippen molar-refractivity contribution in [2.75, 3.05) is 20.2 Å². The van der Waals surface area contributed by atoms with Crippen molar-refractivity contribution in [2.24, 2.45) is 5.92 Å². The lowest BCUT2D eigenvalue weighted by molar-refractivity contribution is -0.222. The number of alkyl halides is 3. The molecule has 1 saturated heterocycles. The third-order valence-corrected chi connectivity index (χ3v) is 4.92. The number of carbonyl (C=O) groups is 1. The molecule has 1 saturated carbocycles. The lowest BCUT2D eigenvalue weighted by atomic mass is 9.90. The van der Waals surface area contributed by atoms with Crippen molar-refractivity contribution in [3.05, 3.63) is 0 Å². The third-order valence-electron chi connectivity index (χ3n) is 4.92. The third kappa shape index (κ3) is 4.73. The lowest BCUT2D eigenvalue weighted by Crippen LogP contribution is -2.53. The fourth-order valence-electron chi connectivity index (χ4n) is 3.48. The highest BCUT2D eigenvalue weighted by Crippen LogP contribution is 2.31. The normalized spacial score (nSPS) is 28.5. The number of nitrogens with zero attached hydrogens (tertiary/aromatic N) is 1. The van der Waals surface area contributed by atoms with Crippen LogP contribution in [0.3, 0.4) is 0 Å². The molecule has 0 aromatic carbocycles. The lowest BCUT2D eigenvalue weighted by Gasteiger charge is -2.37. The van der Waals surface area contributed by atoms with E-state index in [0.717, 1.165) is 25.7 Å². The number of amides is 2. The van der Waals surface area contributed by atoms with Gasteiger partial charge in [0, 0.05) is 20.2 Å². The van der Waals surface area contributed by atoms with Crippen LogP contribution >= 0.6 is 0 Å². The molecule has 1 aliphatic heterocycles. The van der Waals surface area contributed by atoms with Crippen LogP contribution in [-0.2, 0) is 4.74 Å². The van der Waals surface area contributed by atoms with Crippen molar-refractivity contribution < 1.29 is 27.8 Å². The number of ether oxygens (including phenoxy) is 1. The van der Waals surface area contributed by atoms with Gasteiger partial charge in [-0.2, -0.15) is 13.2 Å². The van der Waals surface area contributed by atoms with Crippen LogP contribution in [0.2, 0.25) is 0 Å². The molecule has 0 aromatic rings. The summed E-state index contributed by atoms with van der Waals surface area (Å²) in [6, 6.07) is -0.293. The van der Waals surface area contributed by atoms with E-state index in [1.807, 2.05) is 0 Å². The molecule has 0 bridgehead atoms. The predicted molar refractivity (Wildman–Crippen MR) is 77.9 cm³/mol. The van der Waals surface area contributed by atoms with Crippen LogP contribution in [0.1, 0.15) is 38.5 Å². The number of carbonyl (C=O) groups excluding carboxylic acids is 1. The molecular weight excluding hydrogens is 313 g/mol. The Bertz CT molecular complexity index is 398. The Morgan fingerprint density at radius 2 is 1.83 bits per heavy atom. The van der Waals surface area contributed by atoms with E-state index >= 15 is 0 Å². The van der Waals surface area contributed by atoms with E-state index < -0.39 is 18.2 Å². The molecule has 0 unspecified atom stereocenters. The highest BCUT2D eigenvalue weighted by atomic mass is 19.4. The standard InChI is InChI=1S/C15H25F3N2O3/c1-23-12-5-3-2-4-11(12)19-14(22)20-8-6-10(7-9-20)13(21)15(16,17)18/h10-13,21H,2-9H2,1H3,(H,19,22)/t11-,12-,13-/m1/s1. The average molecular weight is 338 g/mol. The average Bonchev–Trinajstić information content (AvgIpc) is 2.54. The van der Waals surface area contributed by atoms with Crippen LogP contribution in [0.25, 0.3) is 0 Å². The molecule has 1 aliphatic carbocycles. The molecule has 0 radical (unpaired) electrons. The number of hydrogen-bond donors (Lipinski definition) is 2. The number of hydrogen-bond acceptors (Lipinski definition) is 3. The van der Waals surface area contributed by atoms with Gasteiger partial charge < -0.3 is 20.1 Å². The van der Waals surface area contributed by atoms with Gasteiger partial charge in [0.05, 0.1) is 12.1 Å². The molecule has 2 amide bonds. The Balaban J connectivity index is 1.81. The van der Waals surface area contributed by atoms with E-state index in [1.54, 1.807) is 7.11 Å². The number of likely N-dealkylation sites (tertiary alicyclic amines) is 1. The van der Waals surface area contributed by atoms with Gasteiger partial charge in [0.15, 0.2) is 6.10 Å². The minimum atomic E-state index is -4.59. The van der Waals surface area contributed by atoms with E-state index in [0.29, 0.717) is 0 Å². The molecule has 3 atom stereocenters. The molecule has 0 aromatic heterocycles. The van der Waals surface area contributed by atoms with Gasteiger partial charge in [-0.1, -0.05) is 12.8 Å². The zero-order valence-electron chi connectivity index (χ0n) is 13.3. The summed E-state index contributed by atoms with van der Waals surface area (Å²) >= 11 is 0. The molecular formula is C15H25F3N2O3. The molecule has 0 spiro atoms. The Kier molecular flexibility index (Phi) is 6.13. The topological polar surface area (TPSA) is 61.8 Å². The second-order valence-corrected chi connectivity index (χ2v) is 6.43. The van der Waals surface area contributed by atoms with Crippen LogP contribution in [0, 0.1) is 5.92 Å². The maximum atomic E-state index is 12.5. The number of nitrogens with one attached hydrogen (secondary N) is 1. The van der Waals surface area contributed by atoms with Crippen molar-refractivity contribution >= 4 is 6.03 Å². The number of aliphatic hydroxyl groups excluding tert-OH is 1. The van der Waals surface area contributed by atoms with Gasteiger partial charge in [0.2, 0.25) is 0 Å². The van der Waals surface area contributed by atoms with Gasteiger partial charge in [0.1, 0.15) is 0 Å². The molecule has 2 aliphatic rings. The maximum Gasteiger partial charge on any atom is 0.414 e. The van der Waals surface area contributed by atoms with Gasteiger partial charge in [0.25, 0.3) is 0 Å². The molecule has 2 rings (SSSR count). The summed E-state index contributed by atoms with van der Waals surface area (Å²) in [5.41, 5.74) is 0. The molecule has 1 heterocycles. The number of rotatable bonds is 3. The quantitative estimate of drug-likeness (QED) is 0.830. The zero-order chi connectivity index (χ0) is 17.0. The number of aliphatic hydroxyl groups is 1. The van der Waals surface area contributed by atoms with Crippen LogP contribution < -0.4 is 5.32 Å². The van der Waals surface area contributed by atoms with E-state index in [4.69, 9.17) is 4.74 Å². The number of urea groups is 1. The second kappa shape index (κ2) is 7.70. The first kappa shape index (κ1) is 18.3. The summed E-state index contributed by atoms with van der Waals surface area (Å²) in [7, 11) is 1.62. The Hall–Kier alpha value is -1.02. The fourth-order valence-corrected chi connectivity index (χ4v) is 3.48. The first-order valence-corrected chi connectivity index (χ1v) is 8.16. The summed E-state index contributed by atoms with van der Waals surface area (Å²) in [5.74, 6) is -0.833. The van der Waals surface area contributed by atoms with Gasteiger partial charge in [-0.15, -0.1) is 0 Å². The number of piperidine rings is 1. The maximum absolute atomic E-state index is 12.5. The Morgan fingerprint density at radius 3 is 2.39 bits per heavy atom. The monoisotopic (exact) mass is 338 g/mol. The highest BCUT2D eigenvalue weighted by molar-refractivity contribution is 5.74. The fraction of sp³-hybridized carbons (Fsp3) is 0.933. The van der Waals surface area contributed by atoms with E-state index in [1.165, 1.54) is 4.90 Å². The molecule has 134 valence electrons. The smallest absolute Gasteiger partial charge is 0.383 e. The number of methoxy groups -OCH3 is 1. The van der Waals surface area contributed by atoms with Crippen molar-refractivity contribution in [3.8, 4) is 0 Å². The highest BCUT2D eigenvalue weighted by Gasteiger charge is 2.44. The molecule has 8 heteroatoms. The first-order valence-electron chi connectivity index (χ1n) is 8.16. The van der Waals surface area contributed by atoms with Crippen LogP contribution in [-0.4, -0.2) is 60.7 Å². The molecule has 2 N–H and O–H groups in total. The van der Waals surface area contributed by atoms with Crippen molar-refractivity contribution in [1.29, 1.82) is 0 Å². The molecule has 23 heavy (non-hydrogen) atoms. The summed E-state index contributed by atoms with van der Waals surface area (Å²) in [5, 5.41) is 12.2. The van der Waals surface area contributed by atoms with Gasteiger partial charge in [-0.25, -0.2) is 4.79 Å². The van der Waals surface area contributed by atoms with Gasteiger partial charge in [-0.3, -0.25) is 0 Å². The van der Waals surface area contributed by atoms with Crippen LogP contribution in [0.15, 0.2) is 0 Å². The van der Waals surface area contributed by atoms with Crippen molar-refractivity contribution in [3.63, 3.8) is 0 Å². The minimum Gasteiger partial charge on any atom is -0.383 e. The summed E-state index contributed by atoms with van der Waals surface area (Å²) in [6.07, 6.45) is -2.71.